The molecular weight excluding hydrogens is 417 g/mol. The molecule has 2 unspecified atom stereocenters. The molecule has 30 heavy (non-hydrogen) atoms. The van der Waals surface area contributed by atoms with Crippen LogP contribution in [0.2, 0.25) is 0 Å². The zero-order chi connectivity index (χ0) is 21.9. The Bertz CT molecular complexity index is 994. The van der Waals surface area contributed by atoms with Crippen LogP contribution in [0.4, 0.5) is 18.9 Å². The van der Waals surface area contributed by atoms with Gasteiger partial charge >= 0.3 is 6.18 Å². The Morgan fingerprint density at radius 3 is 2.43 bits per heavy atom. The van der Waals surface area contributed by atoms with Gasteiger partial charge in [0.05, 0.1) is 16.5 Å². The van der Waals surface area contributed by atoms with Crippen molar-refractivity contribution in [1.82, 2.24) is 5.32 Å². The van der Waals surface area contributed by atoms with E-state index < -0.39 is 34.1 Å². The van der Waals surface area contributed by atoms with Crippen molar-refractivity contribution in [2.45, 2.75) is 42.8 Å². The third-order valence-electron chi connectivity index (χ3n) is 5.35. The number of nitrogens with zero attached hydrogens (tertiary/aromatic N) is 1. The average Bonchev–Trinajstić information content (AvgIpc) is 2.73. The van der Waals surface area contributed by atoms with Crippen molar-refractivity contribution in [3.63, 3.8) is 0 Å². The minimum atomic E-state index is -4.28. The summed E-state index contributed by atoms with van der Waals surface area (Å²) in [5, 5.41) is 2.63. The van der Waals surface area contributed by atoms with Crippen molar-refractivity contribution < 1.29 is 26.4 Å². The van der Waals surface area contributed by atoms with E-state index >= 15 is 0 Å². The second-order valence-electron chi connectivity index (χ2n) is 7.41. The van der Waals surface area contributed by atoms with Gasteiger partial charge in [-0.1, -0.05) is 30.7 Å². The number of halogens is 3. The van der Waals surface area contributed by atoms with Gasteiger partial charge in [0.2, 0.25) is 0 Å². The van der Waals surface area contributed by atoms with Gasteiger partial charge < -0.3 is 5.32 Å². The Morgan fingerprint density at radius 2 is 1.77 bits per heavy atom. The minimum Gasteiger partial charge on any atom is -0.349 e. The highest BCUT2D eigenvalue weighted by Gasteiger charge is 2.42. The molecule has 0 heterocycles. The molecule has 0 spiro atoms. The number of benzene rings is 2. The molecule has 162 valence electrons. The second-order valence-corrected chi connectivity index (χ2v) is 9.38. The number of hydrogen-bond donors (Lipinski definition) is 1. The van der Waals surface area contributed by atoms with E-state index in [1.54, 1.807) is 30.3 Å². The molecule has 0 bridgehead atoms. The first-order chi connectivity index (χ1) is 14.1. The van der Waals surface area contributed by atoms with E-state index in [0.717, 1.165) is 4.31 Å². The maximum absolute atomic E-state index is 13.0. The molecule has 1 saturated carbocycles. The van der Waals surface area contributed by atoms with Crippen molar-refractivity contribution in [3.05, 3.63) is 60.2 Å². The Kier molecular flexibility index (Phi) is 6.40. The second kappa shape index (κ2) is 8.67. The van der Waals surface area contributed by atoms with E-state index in [1.807, 2.05) is 0 Å². The summed E-state index contributed by atoms with van der Waals surface area (Å²) in [5.41, 5.74) is 0.555. The smallest absolute Gasteiger partial charge is 0.349 e. The van der Waals surface area contributed by atoms with Crippen LogP contribution < -0.4 is 9.62 Å². The fraction of sp³-hybridized carbons (Fsp3) is 0.381. The number of rotatable bonds is 5. The van der Waals surface area contributed by atoms with E-state index in [-0.39, 0.29) is 23.3 Å². The van der Waals surface area contributed by atoms with Gasteiger partial charge in [-0.25, -0.2) is 8.42 Å². The number of anilines is 1. The molecule has 5 nitrogen and oxygen atoms in total. The molecular formula is C21H23F3N2O3S. The van der Waals surface area contributed by atoms with Gasteiger partial charge in [-0.15, -0.1) is 0 Å². The molecule has 1 aliphatic carbocycles. The maximum Gasteiger partial charge on any atom is 0.391 e. The lowest BCUT2D eigenvalue weighted by molar-refractivity contribution is -0.183. The summed E-state index contributed by atoms with van der Waals surface area (Å²) in [7, 11) is -2.49. The standard InChI is InChI=1S/C21H23F3N2O3S/c1-26(18-10-3-2-4-11-18)30(28,29)19-12-5-7-15(13-19)20(27)25-17-9-6-8-16(14-17)21(22,23)24/h2-5,7,10-13,16-17H,6,8-9,14H2,1H3,(H,25,27). The molecule has 3 rings (SSSR count). The number of amides is 1. The highest BCUT2D eigenvalue weighted by atomic mass is 32.2. The van der Waals surface area contributed by atoms with E-state index in [2.05, 4.69) is 5.32 Å². The first-order valence-corrected chi connectivity index (χ1v) is 11.0. The summed E-state index contributed by atoms with van der Waals surface area (Å²) >= 11 is 0. The van der Waals surface area contributed by atoms with Crippen LogP contribution in [0, 0.1) is 5.92 Å². The molecule has 1 aliphatic rings. The van der Waals surface area contributed by atoms with Crippen LogP contribution in [0.25, 0.3) is 0 Å². The molecule has 2 aromatic rings. The number of para-hydroxylation sites is 1. The number of alkyl halides is 3. The fourth-order valence-electron chi connectivity index (χ4n) is 3.62. The normalized spacial score (nSPS) is 19.9. The highest BCUT2D eigenvalue weighted by Crippen LogP contribution is 2.37. The zero-order valence-electron chi connectivity index (χ0n) is 16.4. The highest BCUT2D eigenvalue weighted by molar-refractivity contribution is 7.92. The van der Waals surface area contributed by atoms with Crippen molar-refractivity contribution in [3.8, 4) is 0 Å². The SMILES string of the molecule is CN(c1ccccc1)S(=O)(=O)c1cccc(C(=O)NC2CCCC(C(F)(F)F)C2)c1. The Balaban J connectivity index is 1.75. The number of carbonyl (C=O) groups excluding carboxylic acids is 1. The molecule has 0 aromatic heterocycles. The van der Waals surface area contributed by atoms with Crippen molar-refractivity contribution in [1.29, 1.82) is 0 Å². The van der Waals surface area contributed by atoms with Gasteiger partial charge in [0.25, 0.3) is 15.9 Å². The zero-order valence-corrected chi connectivity index (χ0v) is 17.2. The van der Waals surface area contributed by atoms with Crippen LogP contribution in [-0.4, -0.2) is 33.6 Å². The van der Waals surface area contributed by atoms with Gasteiger partial charge in [0, 0.05) is 18.7 Å². The quantitative estimate of drug-likeness (QED) is 0.751. The summed E-state index contributed by atoms with van der Waals surface area (Å²) in [6, 6.07) is 13.4. The average molecular weight is 440 g/mol. The Morgan fingerprint density at radius 1 is 1.07 bits per heavy atom. The topological polar surface area (TPSA) is 66.5 Å². The Hall–Kier alpha value is -2.55. The van der Waals surface area contributed by atoms with Gasteiger partial charge in [0.15, 0.2) is 0 Å². The van der Waals surface area contributed by atoms with Crippen LogP contribution in [-0.2, 0) is 10.0 Å². The molecule has 9 heteroatoms. The number of nitrogens with one attached hydrogen (secondary N) is 1. The summed E-state index contributed by atoms with van der Waals surface area (Å²) in [5.74, 6) is -2.01. The van der Waals surface area contributed by atoms with Crippen LogP contribution in [0.15, 0.2) is 59.5 Å². The first-order valence-electron chi connectivity index (χ1n) is 9.60. The predicted octanol–water partition coefficient (Wildman–Crippen LogP) is 4.36. The number of hydrogen-bond acceptors (Lipinski definition) is 3. The van der Waals surface area contributed by atoms with Crippen molar-refractivity contribution >= 4 is 21.6 Å². The molecule has 1 N–H and O–H groups in total. The van der Waals surface area contributed by atoms with E-state index in [4.69, 9.17) is 0 Å². The van der Waals surface area contributed by atoms with Gasteiger partial charge in [0.1, 0.15) is 0 Å². The van der Waals surface area contributed by atoms with Crippen LogP contribution >= 0.6 is 0 Å². The summed E-state index contributed by atoms with van der Waals surface area (Å²) in [6.07, 6.45) is -3.53. The molecule has 0 radical (unpaired) electrons. The lowest BCUT2D eigenvalue weighted by Gasteiger charge is -2.31. The molecule has 0 aliphatic heterocycles. The summed E-state index contributed by atoms with van der Waals surface area (Å²) < 4.78 is 65.9. The number of sulfonamides is 1. The molecule has 0 saturated heterocycles. The van der Waals surface area contributed by atoms with E-state index in [1.165, 1.54) is 31.3 Å². The maximum atomic E-state index is 13.0. The van der Waals surface area contributed by atoms with Crippen LogP contribution in [0.5, 0.6) is 0 Å². The summed E-state index contributed by atoms with van der Waals surface area (Å²) in [6.45, 7) is 0. The van der Waals surface area contributed by atoms with Crippen molar-refractivity contribution in [2.24, 2.45) is 5.92 Å². The fourth-order valence-corrected chi connectivity index (χ4v) is 4.86. The van der Waals surface area contributed by atoms with Gasteiger partial charge in [-0.05, 0) is 49.6 Å². The lowest BCUT2D eigenvalue weighted by atomic mass is 9.85. The van der Waals surface area contributed by atoms with E-state index in [9.17, 15) is 26.4 Å². The minimum absolute atomic E-state index is 0.0649. The van der Waals surface area contributed by atoms with Gasteiger partial charge in [-0.3, -0.25) is 9.10 Å². The van der Waals surface area contributed by atoms with Gasteiger partial charge in [-0.2, -0.15) is 13.2 Å². The monoisotopic (exact) mass is 440 g/mol. The van der Waals surface area contributed by atoms with E-state index in [0.29, 0.717) is 18.5 Å². The lowest BCUT2D eigenvalue weighted by Crippen LogP contribution is -2.41. The largest absolute Gasteiger partial charge is 0.391 e. The number of carbonyl (C=O) groups is 1. The molecule has 2 aromatic carbocycles. The Labute approximate surface area is 173 Å². The third kappa shape index (κ3) is 4.95. The molecule has 1 fully saturated rings. The summed E-state index contributed by atoms with van der Waals surface area (Å²) in [4.78, 5) is 12.5. The van der Waals surface area contributed by atoms with Crippen LogP contribution in [0.3, 0.4) is 0 Å². The van der Waals surface area contributed by atoms with Crippen molar-refractivity contribution in [2.75, 3.05) is 11.4 Å². The first kappa shape index (κ1) is 22.1. The third-order valence-corrected chi connectivity index (χ3v) is 7.13. The van der Waals surface area contributed by atoms with Crippen LogP contribution in [0.1, 0.15) is 36.0 Å². The predicted molar refractivity (Wildman–Crippen MR) is 108 cm³/mol. The molecule has 2 atom stereocenters. The molecule has 1 amide bonds.